The van der Waals surface area contributed by atoms with Crippen LogP contribution in [0.3, 0.4) is 0 Å². The average molecular weight is 208 g/mol. The number of nitrogens with one attached hydrogen (secondary N) is 1. The van der Waals surface area contributed by atoms with Crippen LogP contribution in [0.25, 0.3) is 0 Å². The number of hydrogen-bond acceptors (Lipinski definition) is 3. The highest BCUT2D eigenvalue weighted by atomic mass is 19.1. The zero-order valence-corrected chi connectivity index (χ0v) is 8.32. The van der Waals surface area contributed by atoms with E-state index in [0.717, 1.165) is 12.8 Å². The summed E-state index contributed by atoms with van der Waals surface area (Å²) in [6.07, 6.45) is -0.288. The van der Waals surface area contributed by atoms with Gasteiger partial charge in [0.25, 0.3) is 0 Å². The number of alkyl halides is 1. The minimum Gasteiger partial charge on any atom is -0.339 e. The summed E-state index contributed by atoms with van der Waals surface area (Å²) < 4.78 is 13.6. The minimum absolute atomic E-state index is 0.313. The Hall–Kier alpha value is -1.42. The van der Waals surface area contributed by atoms with Crippen LogP contribution in [-0.4, -0.2) is 32.2 Å². The zero-order chi connectivity index (χ0) is 10.7. The average Bonchev–Trinajstić information content (AvgIpc) is 2.30. The second-order valence-corrected chi connectivity index (χ2v) is 3.51. The fourth-order valence-electron chi connectivity index (χ4n) is 1.79. The Kier molecular flexibility index (Phi) is 2.97. The van der Waals surface area contributed by atoms with Crippen molar-refractivity contribution in [1.29, 1.82) is 0 Å². The zero-order valence-electron chi connectivity index (χ0n) is 8.32. The summed E-state index contributed by atoms with van der Waals surface area (Å²) in [6, 6.07) is 7.08. The lowest BCUT2D eigenvalue weighted by molar-refractivity contribution is 0.112. The van der Waals surface area contributed by atoms with Gasteiger partial charge in [-0.3, -0.25) is 4.79 Å². The van der Waals surface area contributed by atoms with Gasteiger partial charge in [0.1, 0.15) is 0 Å². The van der Waals surface area contributed by atoms with Crippen molar-refractivity contribution in [3.05, 3.63) is 29.8 Å². The Morgan fingerprint density at radius 2 is 2.27 bits per heavy atom. The number of rotatable bonds is 2. The molecular formula is C11H13FN2O. The summed E-state index contributed by atoms with van der Waals surface area (Å²) in [4.78, 5) is 12.4. The molecule has 0 aliphatic carbocycles. The maximum atomic E-state index is 13.6. The topological polar surface area (TPSA) is 32.3 Å². The van der Waals surface area contributed by atoms with Crippen molar-refractivity contribution in [1.82, 2.24) is 5.32 Å². The third-order valence-corrected chi connectivity index (χ3v) is 2.55. The number of nitrogens with zero attached hydrogens (tertiary/aromatic N) is 1. The number of benzene rings is 1. The van der Waals surface area contributed by atoms with E-state index in [1.165, 1.54) is 0 Å². The van der Waals surface area contributed by atoms with E-state index in [1.807, 2.05) is 6.07 Å². The monoisotopic (exact) mass is 208 g/mol. The number of aldehydes is 1. The van der Waals surface area contributed by atoms with Gasteiger partial charge in [-0.25, -0.2) is 4.39 Å². The Balaban J connectivity index is 2.30. The lowest BCUT2D eigenvalue weighted by Crippen LogP contribution is -2.49. The second kappa shape index (κ2) is 4.40. The number of carbonyl (C=O) groups excluding carboxylic acids is 1. The van der Waals surface area contributed by atoms with Crippen LogP contribution < -0.4 is 10.2 Å². The molecule has 4 heteroatoms. The molecule has 80 valence electrons. The van der Waals surface area contributed by atoms with Crippen molar-refractivity contribution in [3.8, 4) is 0 Å². The summed E-state index contributed by atoms with van der Waals surface area (Å²) in [5, 5.41) is 2.97. The molecule has 1 atom stereocenters. The van der Waals surface area contributed by atoms with Crippen molar-refractivity contribution >= 4 is 12.0 Å². The molecule has 1 unspecified atom stereocenters. The van der Waals surface area contributed by atoms with Crippen LogP contribution in [0.1, 0.15) is 10.4 Å². The van der Waals surface area contributed by atoms with Gasteiger partial charge in [0.15, 0.2) is 12.6 Å². The summed E-state index contributed by atoms with van der Waals surface area (Å²) in [6.45, 7) is 1.65. The van der Waals surface area contributed by atoms with Crippen LogP contribution in [0, 0.1) is 0 Å². The number of hydrogen-bond donors (Lipinski definition) is 1. The van der Waals surface area contributed by atoms with E-state index in [0.29, 0.717) is 24.3 Å². The summed E-state index contributed by atoms with van der Waals surface area (Å²) >= 11 is 0. The van der Waals surface area contributed by atoms with Gasteiger partial charge in [0.2, 0.25) is 0 Å². The van der Waals surface area contributed by atoms with E-state index in [9.17, 15) is 9.18 Å². The van der Waals surface area contributed by atoms with E-state index in [1.54, 1.807) is 23.1 Å². The molecule has 0 radical (unpaired) electrons. The molecule has 1 saturated heterocycles. The fourth-order valence-corrected chi connectivity index (χ4v) is 1.79. The van der Waals surface area contributed by atoms with E-state index in [2.05, 4.69) is 5.32 Å². The van der Waals surface area contributed by atoms with Gasteiger partial charge in [-0.1, -0.05) is 12.1 Å². The smallest absolute Gasteiger partial charge is 0.185 e. The standard InChI is InChI=1S/C11H13FN2O/c12-11-7-13-5-6-14(11)10-4-2-1-3-9(10)8-15/h1-4,8,11,13H,5-7H2. The molecule has 0 spiro atoms. The molecule has 1 aromatic carbocycles. The molecule has 1 heterocycles. The summed E-state index contributed by atoms with van der Waals surface area (Å²) in [5.74, 6) is 0. The quantitative estimate of drug-likeness (QED) is 0.585. The highest BCUT2D eigenvalue weighted by Gasteiger charge is 2.22. The van der Waals surface area contributed by atoms with Crippen LogP contribution in [0.5, 0.6) is 0 Å². The van der Waals surface area contributed by atoms with E-state index >= 15 is 0 Å². The van der Waals surface area contributed by atoms with Crippen LogP contribution in [-0.2, 0) is 0 Å². The van der Waals surface area contributed by atoms with Crippen molar-refractivity contribution < 1.29 is 9.18 Å². The Morgan fingerprint density at radius 3 is 3.00 bits per heavy atom. The van der Waals surface area contributed by atoms with E-state index in [-0.39, 0.29) is 0 Å². The normalized spacial score (nSPS) is 21.4. The molecule has 0 amide bonds. The Bertz CT molecular complexity index is 356. The molecule has 3 nitrogen and oxygen atoms in total. The molecule has 0 bridgehead atoms. The number of carbonyl (C=O) groups is 1. The number of anilines is 1. The van der Waals surface area contributed by atoms with Crippen LogP contribution in [0.2, 0.25) is 0 Å². The molecule has 0 aromatic heterocycles. The first-order valence-corrected chi connectivity index (χ1v) is 4.98. The molecule has 0 saturated carbocycles. The summed E-state index contributed by atoms with van der Waals surface area (Å²) in [7, 11) is 0. The predicted octanol–water partition coefficient (Wildman–Crippen LogP) is 1.20. The van der Waals surface area contributed by atoms with Gasteiger partial charge in [-0.2, -0.15) is 0 Å². The number of halogens is 1. The van der Waals surface area contributed by atoms with Gasteiger partial charge in [-0.05, 0) is 12.1 Å². The maximum Gasteiger partial charge on any atom is 0.185 e. The predicted molar refractivity (Wildman–Crippen MR) is 56.9 cm³/mol. The summed E-state index contributed by atoms with van der Waals surface area (Å²) in [5.41, 5.74) is 1.23. The van der Waals surface area contributed by atoms with E-state index < -0.39 is 6.30 Å². The van der Waals surface area contributed by atoms with Crippen LogP contribution in [0.15, 0.2) is 24.3 Å². The fraction of sp³-hybridized carbons (Fsp3) is 0.364. The van der Waals surface area contributed by atoms with Crippen LogP contribution in [0.4, 0.5) is 10.1 Å². The van der Waals surface area contributed by atoms with E-state index in [4.69, 9.17) is 0 Å². The van der Waals surface area contributed by atoms with Gasteiger partial charge in [0, 0.05) is 30.9 Å². The number of para-hydroxylation sites is 1. The molecule has 1 aliphatic heterocycles. The van der Waals surface area contributed by atoms with Crippen molar-refractivity contribution in [2.45, 2.75) is 6.30 Å². The SMILES string of the molecule is O=Cc1ccccc1N1CCNCC1F. The van der Waals surface area contributed by atoms with Gasteiger partial charge >= 0.3 is 0 Å². The highest BCUT2D eigenvalue weighted by Crippen LogP contribution is 2.22. The van der Waals surface area contributed by atoms with Gasteiger partial charge in [0.05, 0.1) is 0 Å². The molecule has 1 fully saturated rings. The third-order valence-electron chi connectivity index (χ3n) is 2.55. The highest BCUT2D eigenvalue weighted by molar-refractivity contribution is 5.84. The van der Waals surface area contributed by atoms with Crippen molar-refractivity contribution in [3.63, 3.8) is 0 Å². The second-order valence-electron chi connectivity index (χ2n) is 3.51. The van der Waals surface area contributed by atoms with Crippen LogP contribution >= 0.6 is 0 Å². The van der Waals surface area contributed by atoms with Gasteiger partial charge < -0.3 is 10.2 Å². The van der Waals surface area contributed by atoms with Crippen molar-refractivity contribution in [2.24, 2.45) is 0 Å². The first-order chi connectivity index (χ1) is 7.33. The van der Waals surface area contributed by atoms with Crippen molar-refractivity contribution in [2.75, 3.05) is 24.5 Å². The Morgan fingerprint density at radius 1 is 1.47 bits per heavy atom. The number of piperazine rings is 1. The first-order valence-electron chi connectivity index (χ1n) is 4.98. The molecule has 1 aromatic rings. The minimum atomic E-state index is -1.06. The maximum absolute atomic E-state index is 13.6. The molecule has 2 rings (SSSR count). The molecule has 1 aliphatic rings. The van der Waals surface area contributed by atoms with Gasteiger partial charge in [-0.15, -0.1) is 0 Å². The third kappa shape index (κ3) is 1.99. The molecule has 1 N–H and O–H groups in total. The lowest BCUT2D eigenvalue weighted by Gasteiger charge is -2.33. The molecular weight excluding hydrogens is 195 g/mol. The first kappa shape index (κ1) is 10.1. The largest absolute Gasteiger partial charge is 0.339 e. The Labute approximate surface area is 87.9 Å². The molecule has 15 heavy (non-hydrogen) atoms. The lowest BCUT2D eigenvalue weighted by atomic mass is 10.1.